The van der Waals surface area contributed by atoms with E-state index in [4.69, 9.17) is 16.3 Å². The molecule has 5 nitrogen and oxygen atoms in total. The van der Waals surface area contributed by atoms with Crippen LogP contribution >= 0.6 is 11.6 Å². The SMILES string of the molecule is Cc1cc(OCC(=O)NCCNC(=O)c2ccc(F)cc2)cc(C)c1Cl. The number of carbonyl (C=O) groups is 2. The predicted molar refractivity (Wildman–Crippen MR) is 98.2 cm³/mol. The molecule has 0 bridgehead atoms. The minimum atomic E-state index is -0.403. The smallest absolute Gasteiger partial charge is 0.258 e. The molecule has 2 aromatic rings. The second kappa shape index (κ2) is 9.20. The van der Waals surface area contributed by atoms with Crippen molar-refractivity contribution in [3.63, 3.8) is 0 Å². The van der Waals surface area contributed by atoms with E-state index in [1.165, 1.54) is 24.3 Å². The van der Waals surface area contributed by atoms with E-state index < -0.39 is 5.82 Å². The molecule has 0 atom stereocenters. The van der Waals surface area contributed by atoms with Gasteiger partial charge in [-0.2, -0.15) is 0 Å². The average Bonchev–Trinajstić information content (AvgIpc) is 2.61. The number of hydrogen-bond acceptors (Lipinski definition) is 3. The molecule has 2 N–H and O–H groups in total. The molecule has 2 amide bonds. The maximum atomic E-state index is 12.8. The van der Waals surface area contributed by atoms with Crippen molar-refractivity contribution in [2.24, 2.45) is 0 Å². The van der Waals surface area contributed by atoms with Gasteiger partial charge in [-0.3, -0.25) is 9.59 Å². The van der Waals surface area contributed by atoms with Crippen LogP contribution in [0, 0.1) is 19.7 Å². The van der Waals surface area contributed by atoms with Gasteiger partial charge in [-0.1, -0.05) is 11.6 Å². The molecule has 0 aromatic heterocycles. The van der Waals surface area contributed by atoms with Crippen molar-refractivity contribution in [2.75, 3.05) is 19.7 Å². The third-order valence-electron chi connectivity index (χ3n) is 3.62. The summed E-state index contributed by atoms with van der Waals surface area (Å²) in [6.45, 7) is 4.11. The second-order valence-electron chi connectivity index (χ2n) is 5.77. The number of nitrogens with one attached hydrogen (secondary N) is 2. The molecule has 0 spiro atoms. The van der Waals surface area contributed by atoms with Crippen LogP contribution in [0.1, 0.15) is 21.5 Å². The topological polar surface area (TPSA) is 67.4 Å². The van der Waals surface area contributed by atoms with E-state index in [-0.39, 0.29) is 31.5 Å². The van der Waals surface area contributed by atoms with Crippen LogP contribution < -0.4 is 15.4 Å². The van der Waals surface area contributed by atoms with Gasteiger partial charge in [0.1, 0.15) is 11.6 Å². The molecule has 26 heavy (non-hydrogen) atoms. The molecule has 0 heterocycles. The summed E-state index contributed by atoms with van der Waals surface area (Å²) in [5.41, 5.74) is 2.12. The van der Waals surface area contributed by atoms with Crippen LogP contribution in [0.4, 0.5) is 4.39 Å². The van der Waals surface area contributed by atoms with Gasteiger partial charge in [0.15, 0.2) is 6.61 Å². The van der Waals surface area contributed by atoms with E-state index >= 15 is 0 Å². The first-order chi connectivity index (χ1) is 12.4. The fourth-order valence-corrected chi connectivity index (χ4v) is 2.38. The molecule has 0 aliphatic carbocycles. The lowest BCUT2D eigenvalue weighted by Crippen LogP contribution is -2.36. The van der Waals surface area contributed by atoms with E-state index in [2.05, 4.69) is 10.6 Å². The lowest BCUT2D eigenvalue weighted by molar-refractivity contribution is -0.123. The molecule has 0 saturated heterocycles. The standard InChI is InChI=1S/C19H20ClFN2O3/c1-12-9-16(10-13(2)18(12)20)26-11-17(24)22-7-8-23-19(25)14-3-5-15(21)6-4-14/h3-6,9-10H,7-8,11H2,1-2H3,(H,22,24)(H,23,25). The normalized spacial score (nSPS) is 10.3. The third-order valence-corrected chi connectivity index (χ3v) is 4.22. The Balaban J connectivity index is 1.69. The van der Waals surface area contributed by atoms with Crippen LogP contribution in [0.5, 0.6) is 5.75 Å². The van der Waals surface area contributed by atoms with E-state index in [0.717, 1.165) is 11.1 Å². The van der Waals surface area contributed by atoms with Crippen molar-refractivity contribution < 1.29 is 18.7 Å². The molecule has 0 radical (unpaired) electrons. The number of rotatable bonds is 7. The molecule has 0 unspecified atom stereocenters. The minimum Gasteiger partial charge on any atom is -0.484 e. The first-order valence-corrected chi connectivity index (χ1v) is 8.44. The number of aryl methyl sites for hydroxylation is 2. The van der Waals surface area contributed by atoms with E-state index in [1.54, 1.807) is 12.1 Å². The number of carbonyl (C=O) groups excluding carboxylic acids is 2. The summed E-state index contributed by atoms with van der Waals surface area (Å²) in [6, 6.07) is 8.76. The van der Waals surface area contributed by atoms with Gasteiger partial charge in [0.2, 0.25) is 0 Å². The van der Waals surface area contributed by atoms with Gasteiger partial charge in [-0.25, -0.2) is 4.39 Å². The molecular weight excluding hydrogens is 359 g/mol. The van der Waals surface area contributed by atoms with E-state index in [0.29, 0.717) is 16.3 Å². The number of amides is 2. The average molecular weight is 379 g/mol. The van der Waals surface area contributed by atoms with Gasteiger partial charge in [-0.05, 0) is 61.4 Å². The van der Waals surface area contributed by atoms with Crippen molar-refractivity contribution in [1.29, 1.82) is 0 Å². The number of ether oxygens (including phenoxy) is 1. The summed E-state index contributed by atoms with van der Waals surface area (Å²) >= 11 is 6.09. The largest absolute Gasteiger partial charge is 0.484 e. The molecule has 2 rings (SSSR count). The van der Waals surface area contributed by atoms with Gasteiger partial charge in [-0.15, -0.1) is 0 Å². The molecule has 0 fully saturated rings. The van der Waals surface area contributed by atoms with Crippen LogP contribution in [-0.2, 0) is 4.79 Å². The molecular formula is C19H20ClFN2O3. The van der Waals surface area contributed by atoms with Crippen molar-refractivity contribution >= 4 is 23.4 Å². The molecule has 2 aromatic carbocycles. The fraction of sp³-hybridized carbons (Fsp3) is 0.263. The summed E-state index contributed by atoms with van der Waals surface area (Å²) in [4.78, 5) is 23.6. The molecule has 7 heteroatoms. The quantitative estimate of drug-likeness (QED) is 0.728. The summed E-state index contributed by atoms with van der Waals surface area (Å²) in [5, 5.41) is 5.96. The van der Waals surface area contributed by atoms with Crippen molar-refractivity contribution in [3.05, 3.63) is 63.9 Å². The Morgan fingerprint density at radius 1 is 1.04 bits per heavy atom. The zero-order valence-electron chi connectivity index (χ0n) is 14.6. The molecule has 0 aliphatic rings. The first-order valence-electron chi connectivity index (χ1n) is 8.07. The van der Waals surface area contributed by atoms with Gasteiger partial charge in [0.05, 0.1) is 0 Å². The van der Waals surface area contributed by atoms with E-state index in [1.807, 2.05) is 13.8 Å². The highest BCUT2D eigenvalue weighted by Gasteiger charge is 2.07. The highest BCUT2D eigenvalue weighted by atomic mass is 35.5. The summed E-state index contributed by atoms with van der Waals surface area (Å²) < 4.78 is 18.3. The van der Waals surface area contributed by atoms with Crippen LogP contribution in [0.2, 0.25) is 5.02 Å². The summed E-state index contributed by atoms with van der Waals surface area (Å²) in [6.07, 6.45) is 0. The number of hydrogen-bond donors (Lipinski definition) is 2. The third kappa shape index (κ3) is 5.74. The number of halogens is 2. The van der Waals surface area contributed by atoms with Crippen LogP contribution in [-0.4, -0.2) is 31.5 Å². The molecule has 0 saturated carbocycles. The Bertz CT molecular complexity index is 771. The predicted octanol–water partition coefficient (Wildman–Crippen LogP) is 3.02. The minimum absolute atomic E-state index is 0.133. The van der Waals surface area contributed by atoms with Crippen molar-refractivity contribution in [3.8, 4) is 5.75 Å². The van der Waals surface area contributed by atoms with Gasteiger partial charge in [0, 0.05) is 23.7 Å². The Labute approximate surface area is 156 Å². The number of benzene rings is 2. The zero-order chi connectivity index (χ0) is 19.1. The monoisotopic (exact) mass is 378 g/mol. The maximum Gasteiger partial charge on any atom is 0.258 e. The van der Waals surface area contributed by atoms with Gasteiger partial charge >= 0.3 is 0 Å². The summed E-state index contributed by atoms with van der Waals surface area (Å²) in [5.74, 6) is -0.460. The van der Waals surface area contributed by atoms with E-state index in [9.17, 15) is 14.0 Å². The lowest BCUT2D eigenvalue weighted by atomic mass is 10.1. The van der Waals surface area contributed by atoms with Crippen LogP contribution in [0.3, 0.4) is 0 Å². The molecule has 138 valence electrons. The highest BCUT2D eigenvalue weighted by molar-refractivity contribution is 6.32. The van der Waals surface area contributed by atoms with Crippen molar-refractivity contribution in [1.82, 2.24) is 10.6 Å². The zero-order valence-corrected chi connectivity index (χ0v) is 15.3. The molecule has 0 aliphatic heterocycles. The lowest BCUT2D eigenvalue weighted by Gasteiger charge is -2.10. The Kier molecular flexibility index (Phi) is 6.97. The van der Waals surface area contributed by atoms with Gasteiger partial charge in [0.25, 0.3) is 11.8 Å². The van der Waals surface area contributed by atoms with Gasteiger partial charge < -0.3 is 15.4 Å². The Hall–Kier alpha value is -2.60. The first kappa shape index (κ1) is 19.7. The van der Waals surface area contributed by atoms with Crippen molar-refractivity contribution in [2.45, 2.75) is 13.8 Å². The van der Waals surface area contributed by atoms with Crippen LogP contribution in [0.15, 0.2) is 36.4 Å². The fourth-order valence-electron chi connectivity index (χ4n) is 2.27. The maximum absolute atomic E-state index is 12.8. The highest BCUT2D eigenvalue weighted by Crippen LogP contribution is 2.25. The second-order valence-corrected chi connectivity index (χ2v) is 6.15. The van der Waals surface area contributed by atoms with Crippen LogP contribution in [0.25, 0.3) is 0 Å². The Morgan fingerprint density at radius 2 is 1.62 bits per heavy atom. The Morgan fingerprint density at radius 3 is 2.23 bits per heavy atom. The summed E-state index contributed by atoms with van der Waals surface area (Å²) in [7, 11) is 0.